The second kappa shape index (κ2) is 6.48. The molecule has 0 aromatic rings. The number of carboxylic acids is 1. The standard InChI is InChI=1S/C9H16N2O4S/c1-4-7-11(8-9(12)13)16(14,15)10(5-2)6-3/h1H,5-8H2,2-3H3,(H,12,13). The summed E-state index contributed by atoms with van der Waals surface area (Å²) in [6.07, 6.45) is 5.02. The van der Waals surface area contributed by atoms with Crippen molar-refractivity contribution in [1.82, 2.24) is 8.61 Å². The summed E-state index contributed by atoms with van der Waals surface area (Å²) in [5, 5.41) is 8.61. The molecule has 0 aromatic carbocycles. The van der Waals surface area contributed by atoms with Crippen molar-refractivity contribution in [2.45, 2.75) is 13.8 Å². The van der Waals surface area contributed by atoms with Gasteiger partial charge in [0.1, 0.15) is 6.54 Å². The number of terminal acetylenes is 1. The Labute approximate surface area is 96.0 Å². The molecule has 0 unspecified atom stereocenters. The van der Waals surface area contributed by atoms with E-state index >= 15 is 0 Å². The van der Waals surface area contributed by atoms with Crippen LogP contribution in [0.5, 0.6) is 0 Å². The molecule has 0 saturated carbocycles. The molecule has 0 bridgehead atoms. The van der Waals surface area contributed by atoms with Crippen LogP contribution in [0, 0.1) is 12.3 Å². The first kappa shape index (κ1) is 14.9. The van der Waals surface area contributed by atoms with Gasteiger partial charge in [0.15, 0.2) is 0 Å². The first-order valence-corrected chi connectivity index (χ1v) is 6.20. The highest BCUT2D eigenvalue weighted by atomic mass is 32.2. The van der Waals surface area contributed by atoms with E-state index in [0.717, 1.165) is 8.61 Å². The van der Waals surface area contributed by atoms with Gasteiger partial charge in [-0.1, -0.05) is 19.8 Å². The minimum Gasteiger partial charge on any atom is -0.480 e. The SMILES string of the molecule is C#CCN(CC(=O)O)S(=O)(=O)N(CC)CC. The Morgan fingerprint density at radius 3 is 2.12 bits per heavy atom. The highest BCUT2D eigenvalue weighted by Gasteiger charge is 2.28. The lowest BCUT2D eigenvalue weighted by Crippen LogP contribution is -2.45. The number of hydrogen-bond acceptors (Lipinski definition) is 3. The summed E-state index contributed by atoms with van der Waals surface area (Å²) in [5.41, 5.74) is 0. The first-order chi connectivity index (χ1) is 7.39. The fourth-order valence-electron chi connectivity index (χ4n) is 1.18. The van der Waals surface area contributed by atoms with Gasteiger partial charge in [0.05, 0.1) is 6.54 Å². The number of carbonyl (C=O) groups is 1. The summed E-state index contributed by atoms with van der Waals surface area (Å²) in [4.78, 5) is 10.5. The van der Waals surface area contributed by atoms with E-state index in [2.05, 4.69) is 5.92 Å². The molecule has 0 heterocycles. The largest absolute Gasteiger partial charge is 0.480 e. The molecule has 0 spiro atoms. The number of carboxylic acid groups (broad SMARTS) is 1. The number of nitrogens with zero attached hydrogens (tertiary/aromatic N) is 2. The van der Waals surface area contributed by atoms with Crippen LogP contribution < -0.4 is 0 Å². The smallest absolute Gasteiger partial charge is 0.318 e. The molecule has 0 rings (SSSR count). The summed E-state index contributed by atoms with van der Waals surface area (Å²) in [7, 11) is -3.78. The molecule has 0 aromatic heterocycles. The molecule has 0 aliphatic rings. The van der Waals surface area contributed by atoms with Crippen LogP contribution >= 0.6 is 0 Å². The number of rotatable bonds is 7. The molecular formula is C9H16N2O4S. The molecular weight excluding hydrogens is 232 g/mol. The molecule has 0 fully saturated rings. The third kappa shape index (κ3) is 3.81. The molecule has 0 aliphatic carbocycles. The lowest BCUT2D eigenvalue weighted by atomic mass is 10.6. The first-order valence-electron chi connectivity index (χ1n) is 4.80. The summed E-state index contributed by atoms with van der Waals surface area (Å²) < 4.78 is 25.7. The Kier molecular flexibility index (Phi) is 6.03. The van der Waals surface area contributed by atoms with Crippen molar-refractivity contribution in [2.75, 3.05) is 26.2 Å². The van der Waals surface area contributed by atoms with Crippen LogP contribution in [-0.4, -0.2) is 54.3 Å². The molecule has 0 aliphatic heterocycles. The van der Waals surface area contributed by atoms with Crippen LogP contribution in [0.15, 0.2) is 0 Å². The normalized spacial score (nSPS) is 11.7. The van der Waals surface area contributed by atoms with Crippen molar-refractivity contribution >= 4 is 16.2 Å². The van der Waals surface area contributed by atoms with Crippen molar-refractivity contribution in [3.05, 3.63) is 0 Å². The second-order valence-electron chi connectivity index (χ2n) is 2.96. The molecule has 0 saturated heterocycles. The van der Waals surface area contributed by atoms with Gasteiger partial charge in [-0.25, -0.2) is 0 Å². The molecule has 92 valence electrons. The summed E-state index contributed by atoms with van der Waals surface area (Å²) in [6, 6.07) is 0. The zero-order valence-corrected chi connectivity index (χ0v) is 10.2. The van der Waals surface area contributed by atoms with Crippen molar-refractivity contribution in [3.63, 3.8) is 0 Å². The van der Waals surface area contributed by atoms with Gasteiger partial charge in [0, 0.05) is 13.1 Å². The zero-order valence-electron chi connectivity index (χ0n) is 9.38. The summed E-state index contributed by atoms with van der Waals surface area (Å²) in [6.45, 7) is 3.04. The average Bonchev–Trinajstić information content (AvgIpc) is 2.18. The minimum atomic E-state index is -3.78. The fraction of sp³-hybridized carbons (Fsp3) is 0.667. The molecule has 7 heteroatoms. The third-order valence-electron chi connectivity index (χ3n) is 1.94. The van der Waals surface area contributed by atoms with Crippen LogP contribution in [0.1, 0.15) is 13.8 Å². The Morgan fingerprint density at radius 1 is 1.31 bits per heavy atom. The average molecular weight is 248 g/mol. The van der Waals surface area contributed by atoms with Crippen molar-refractivity contribution in [3.8, 4) is 12.3 Å². The van der Waals surface area contributed by atoms with Crippen LogP contribution in [0.3, 0.4) is 0 Å². The predicted octanol–water partition coefficient (Wildman–Crippen LogP) is -0.407. The summed E-state index contributed by atoms with van der Waals surface area (Å²) >= 11 is 0. The van der Waals surface area contributed by atoms with Gasteiger partial charge in [-0.3, -0.25) is 4.79 Å². The highest BCUT2D eigenvalue weighted by Crippen LogP contribution is 2.07. The monoisotopic (exact) mass is 248 g/mol. The van der Waals surface area contributed by atoms with Gasteiger partial charge in [0.2, 0.25) is 0 Å². The number of aliphatic carboxylic acids is 1. The Balaban J connectivity index is 5.03. The van der Waals surface area contributed by atoms with Gasteiger partial charge in [-0.15, -0.1) is 6.42 Å². The molecule has 0 atom stereocenters. The Morgan fingerprint density at radius 2 is 1.81 bits per heavy atom. The molecule has 16 heavy (non-hydrogen) atoms. The fourth-order valence-corrected chi connectivity index (χ4v) is 2.68. The maximum Gasteiger partial charge on any atom is 0.318 e. The van der Waals surface area contributed by atoms with Crippen molar-refractivity contribution in [2.24, 2.45) is 0 Å². The van der Waals surface area contributed by atoms with E-state index in [1.54, 1.807) is 13.8 Å². The topological polar surface area (TPSA) is 77.9 Å². The van der Waals surface area contributed by atoms with E-state index in [9.17, 15) is 13.2 Å². The van der Waals surface area contributed by atoms with Crippen molar-refractivity contribution < 1.29 is 18.3 Å². The second-order valence-corrected chi connectivity index (χ2v) is 4.89. The number of hydrogen-bond donors (Lipinski definition) is 1. The van der Waals surface area contributed by atoms with Crippen molar-refractivity contribution in [1.29, 1.82) is 0 Å². The predicted molar refractivity (Wildman–Crippen MR) is 59.9 cm³/mol. The van der Waals surface area contributed by atoms with Gasteiger partial charge in [-0.05, 0) is 0 Å². The van der Waals surface area contributed by atoms with E-state index in [-0.39, 0.29) is 19.6 Å². The van der Waals surface area contributed by atoms with Crippen LogP contribution in [0.2, 0.25) is 0 Å². The Bertz CT molecular complexity index is 367. The molecule has 6 nitrogen and oxygen atoms in total. The molecule has 0 amide bonds. The van der Waals surface area contributed by atoms with Crippen LogP contribution in [-0.2, 0) is 15.0 Å². The van der Waals surface area contributed by atoms with E-state index in [1.807, 2.05) is 0 Å². The van der Waals surface area contributed by atoms with E-state index in [4.69, 9.17) is 11.5 Å². The zero-order chi connectivity index (χ0) is 12.8. The quantitative estimate of drug-likeness (QED) is 0.621. The Hall–Kier alpha value is -1.10. The van der Waals surface area contributed by atoms with Gasteiger partial charge in [-0.2, -0.15) is 17.0 Å². The van der Waals surface area contributed by atoms with E-state index in [0.29, 0.717) is 0 Å². The van der Waals surface area contributed by atoms with Gasteiger partial charge in [0.25, 0.3) is 10.2 Å². The van der Waals surface area contributed by atoms with Gasteiger partial charge >= 0.3 is 5.97 Å². The van der Waals surface area contributed by atoms with Gasteiger partial charge < -0.3 is 5.11 Å². The third-order valence-corrected chi connectivity index (χ3v) is 4.02. The molecule has 1 N–H and O–H groups in total. The highest BCUT2D eigenvalue weighted by molar-refractivity contribution is 7.86. The van der Waals surface area contributed by atoms with Crippen LogP contribution in [0.25, 0.3) is 0 Å². The maximum absolute atomic E-state index is 11.9. The summed E-state index contributed by atoms with van der Waals surface area (Å²) in [5.74, 6) is 0.909. The van der Waals surface area contributed by atoms with Crippen LogP contribution in [0.4, 0.5) is 0 Å². The lowest BCUT2D eigenvalue weighted by molar-refractivity contribution is -0.137. The maximum atomic E-state index is 11.9. The lowest BCUT2D eigenvalue weighted by Gasteiger charge is -2.25. The minimum absolute atomic E-state index is 0.245. The van der Waals surface area contributed by atoms with E-state index in [1.165, 1.54) is 0 Å². The van der Waals surface area contributed by atoms with E-state index < -0.39 is 22.7 Å². The molecule has 0 radical (unpaired) electrons.